The molecule has 2 aliphatic rings. The minimum absolute atomic E-state index is 0.0470. The van der Waals surface area contributed by atoms with Gasteiger partial charge in [0.2, 0.25) is 5.91 Å². The number of β-lactam (4-membered cyclic amide) rings is 1. The van der Waals surface area contributed by atoms with Gasteiger partial charge in [0.1, 0.15) is 13.2 Å². The van der Waals surface area contributed by atoms with Gasteiger partial charge in [-0.25, -0.2) is 4.79 Å². The predicted molar refractivity (Wildman–Crippen MR) is 99.1 cm³/mol. The summed E-state index contributed by atoms with van der Waals surface area (Å²) in [5.41, 5.74) is 0.561. The number of nitro benzene ring substituents is 1. The van der Waals surface area contributed by atoms with Gasteiger partial charge in [0.05, 0.1) is 17.4 Å². The zero-order chi connectivity index (χ0) is 20.3. The fourth-order valence-corrected chi connectivity index (χ4v) is 4.02. The summed E-state index contributed by atoms with van der Waals surface area (Å²) < 4.78 is 10.2. The Kier molecular flexibility index (Phi) is 5.98. The number of esters is 2. The standard InChI is InChI=1S/C18H18N2O7S/c1-11(21)26-6-7-28-15-8-14-9-16(22)19(14)17(15)18(23)27-10-12-2-4-13(5-3-12)20(24)25/h2-5,8,14,17H,6-7,9-10H2,1H3/t14?,17-/m0/s1. The maximum Gasteiger partial charge on any atom is 0.334 e. The molecule has 1 unspecified atom stereocenters. The summed E-state index contributed by atoms with van der Waals surface area (Å²) in [6.07, 6.45) is 2.23. The first kappa shape index (κ1) is 19.9. The fraction of sp³-hybridized carbons (Fsp3) is 0.389. The lowest BCUT2D eigenvalue weighted by Gasteiger charge is -2.38. The van der Waals surface area contributed by atoms with Crippen molar-refractivity contribution >= 4 is 35.3 Å². The molecular weight excluding hydrogens is 388 g/mol. The number of hydrogen-bond acceptors (Lipinski definition) is 8. The number of amides is 1. The first-order valence-corrected chi connectivity index (χ1v) is 9.54. The third-order valence-corrected chi connectivity index (χ3v) is 5.41. The van der Waals surface area contributed by atoms with Crippen LogP contribution < -0.4 is 0 Å². The lowest BCUT2D eigenvalue weighted by Crippen LogP contribution is -2.55. The average molecular weight is 406 g/mol. The van der Waals surface area contributed by atoms with Crippen molar-refractivity contribution in [3.8, 4) is 0 Å². The number of ether oxygens (including phenoxy) is 2. The Labute approximate surface area is 164 Å². The van der Waals surface area contributed by atoms with E-state index in [0.717, 1.165) is 0 Å². The van der Waals surface area contributed by atoms with Crippen LogP contribution in [0.25, 0.3) is 0 Å². The molecule has 2 heterocycles. The molecule has 28 heavy (non-hydrogen) atoms. The van der Waals surface area contributed by atoms with Crippen molar-refractivity contribution in [2.75, 3.05) is 12.4 Å². The predicted octanol–water partition coefficient (Wildman–Crippen LogP) is 1.80. The van der Waals surface area contributed by atoms with Crippen LogP contribution in [0, 0.1) is 10.1 Å². The molecule has 2 aliphatic heterocycles. The Hall–Kier alpha value is -2.88. The molecule has 0 aliphatic carbocycles. The molecule has 3 rings (SSSR count). The van der Waals surface area contributed by atoms with Crippen molar-refractivity contribution in [3.63, 3.8) is 0 Å². The largest absolute Gasteiger partial charge is 0.465 e. The average Bonchev–Trinajstić information content (AvgIpc) is 2.95. The Morgan fingerprint density at radius 2 is 2.00 bits per heavy atom. The number of benzene rings is 1. The smallest absolute Gasteiger partial charge is 0.334 e. The van der Waals surface area contributed by atoms with Crippen molar-refractivity contribution in [2.24, 2.45) is 0 Å². The summed E-state index contributed by atoms with van der Waals surface area (Å²) in [5, 5.41) is 10.7. The minimum Gasteiger partial charge on any atom is -0.465 e. The first-order valence-electron chi connectivity index (χ1n) is 8.56. The van der Waals surface area contributed by atoms with E-state index < -0.39 is 16.9 Å². The van der Waals surface area contributed by atoms with Gasteiger partial charge in [-0.2, -0.15) is 0 Å². The van der Waals surface area contributed by atoms with E-state index in [1.165, 1.54) is 47.9 Å². The van der Waals surface area contributed by atoms with Crippen molar-refractivity contribution in [2.45, 2.75) is 32.0 Å². The van der Waals surface area contributed by atoms with Crippen molar-refractivity contribution in [1.29, 1.82) is 0 Å². The molecule has 1 saturated heterocycles. The summed E-state index contributed by atoms with van der Waals surface area (Å²) >= 11 is 1.35. The molecule has 9 nitrogen and oxygen atoms in total. The van der Waals surface area contributed by atoms with Crippen LogP contribution >= 0.6 is 11.8 Å². The van der Waals surface area contributed by atoms with Gasteiger partial charge >= 0.3 is 11.9 Å². The van der Waals surface area contributed by atoms with E-state index in [4.69, 9.17) is 9.47 Å². The quantitative estimate of drug-likeness (QED) is 0.211. The van der Waals surface area contributed by atoms with E-state index >= 15 is 0 Å². The number of hydrogen-bond donors (Lipinski definition) is 0. The molecule has 1 fully saturated rings. The zero-order valence-electron chi connectivity index (χ0n) is 15.0. The normalized spacial score (nSPS) is 20.1. The topological polar surface area (TPSA) is 116 Å². The van der Waals surface area contributed by atoms with E-state index in [1.807, 2.05) is 6.08 Å². The maximum atomic E-state index is 12.6. The van der Waals surface area contributed by atoms with Gasteiger partial charge in [0, 0.05) is 29.7 Å². The molecule has 0 aromatic heterocycles. The van der Waals surface area contributed by atoms with Crippen molar-refractivity contribution in [3.05, 3.63) is 50.9 Å². The molecule has 10 heteroatoms. The summed E-state index contributed by atoms with van der Waals surface area (Å²) in [6.45, 7) is 1.48. The van der Waals surface area contributed by atoms with Crippen LogP contribution in [0.2, 0.25) is 0 Å². The van der Waals surface area contributed by atoms with Crippen LogP contribution in [-0.4, -0.2) is 52.1 Å². The lowest BCUT2D eigenvalue weighted by molar-refractivity contribution is -0.384. The van der Waals surface area contributed by atoms with Gasteiger partial charge in [0.25, 0.3) is 5.69 Å². The number of non-ortho nitro benzene ring substituents is 1. The Morgan fingerprint density at radius 3 is 2.61 bits per heavy atom. The van der Waals surface area contributed by atoms with E-state index in [1.54, 1.807) is 0 Å². The highest BCUT2D eigenvalue weighted by Crippen LogP contribution is 2.39. The van der Waals surface area contributed by atoms with Crippen LogP contribution in [-0.2, 0) is 30.5 Å². The summed E-state index contributed by atoms with van der Waals surface area (Å²) in [4.78, 5) is 47.7. The molecule has 0 saturated carbocycles. The summed E-state index contributed by atoms with van der Waals surface area (Å²) in [5.74, 6) is -0.583. The SMILES string of the molecule is CC(=O)OCCSC1=CC2CC(=O)N2[C@@H]1C(=O)OCc1ccc([N+](=O)[O-])cc1. The number of fused-ring (bicyclic) bond motifs is 1. The number of carbonyl (C=O) groups is 3. The van der Waals surface area contributed by atoms with Gasteiger partial charge in [0.15, 0.2) is 6.04 Å². The lowest BCUT2D eigenvalue weighted by atomic mass is 10.0. The molecule has 0 bridgehead atoms. The Bertz CT molecular complexity index is 837. The molecule has 2 atom stereocenters. The first-order chi connectivity index (χ1) is 13.4. The van der Waals surface area contributed by atoms with Crippen LogP contribution in [0.15, 0.2) is 35.2 Å². The third kappa shape index (κ3) is 4.33. The van der Waals surface area contributed by atoms with Gasteiger partial charge in [-0.15, -0.1) is 11.8 Å². The van der Waals surface area contributed by atoms with Crippen LogP contribution in [0.1, 0.15) is 18.9 Å². The molecule has 1 amide bonds. The molecule has 0 radical (unpaired) electrons. The van der Waals surface area contributed by atoms with Crippen molar-refractivity contribution in [1.82, 2.24) is 4.90 Å². The number of nitro groups is 1. The number of thioether (sulfide) groups is 1. The van der Waals surface area contributed by atoms with Crippen molar-refractivity contribution < 1.29 is 28.8 Å². The molecule has 0 spiro atoms. The second-order valence-corrected chi connectivity index (χ2v) is 7.43. The van der Waals surface area contributed by atoms with Crippen LogP contribution in [0.3, 0.4) is 0 Å². The highest BCUT2D eigenvalue weighted by Gasteiger charge is 2.50. The second-order valence-electron chi connectivity index (χ2n) is 6.26. The van der Waals surface area contributed by atoms with E-state index in [9.17, 15) is 24.5 Å². The van der Waals surface area contributed by atoms with Gasteiger partial charge in [-0.05, 0) is 23.8 Å². The van der Waals surface area contributed by atoms with Crippen LogP contribution in [0.4, 0.5) is 5.69 Å². The minimum atomic E-state index is -0.799. The Morgan fingerprint density at radius 1 is 1.29 bits per heavy atom. The number of carbonyl (C=O) groups excluding carboxylic acids is 3. The highest BCUT2D eigenvalue weighted by atomic mass is 32.2. The molecule has 1 aromatic rings. The monoisotopic (exact) mass is 406 g/mol. The Balaban J connectivity index is 1.59. The van der Waals surface area contributed by atoms with Gasteiger partial charge in [-0.1, -0.05) is 0 Å². The highest BCUT2D eigenvalue weighted by molar-refractivity contribution is 8.03. The molecule has 148 valence electrons. The number of rotatable bonds is 8. The summed E-state index contributed by atoms with van der Waals surface area (Å²) in [7, 11) is 0. The number of nitrogens with zero attached hydrogens (tertiary/aromatic N) is 2. The van der Waals surface area contributed by atoms with Gasteiger partial charge < -0.3 is 14.4 Å². The van der Waals surface area contributed by atoms with E-state index in [0.29, 0.717) is 22.6 Å². The fourth-order valence-electron chi connectivity index (χ4n) is 3.00. The summed E-state index contributed by atoms with van der Waals surface area (Å²) in [6, 6.07) is 4.80. The molecule has 1 aromatic carbocycles. The van der Waals surface area contributed by atoms with Gasteiger partial charge in [-0.3, -0.25) is 19.7 Å². The molecule has 0 N–H and O–H groups in total. The van der Waals surface area contributed by atoms with E-state index in [2.05, 4.69) is 0 Å². The zero-order valence-corrected chi connectivity index (χ0v) is 15.8. The van der Waals surface area contributed by atoms with E-state index in [-0.39, 0.29) is 36.8 Å². The second kappa shape index (κ2) is 8.42. The van der Waals surface area contributed by atoms with Crippen LogP contribution in [0.5, 0.6) is 0 Å². The third-order valence-electron chi connectivity index (χ3n) is 4.34. The molecular formula is C18H18N2O7S. The maximum absolute atomic E-state index is 12.6.